The smallest absolute Gasteiger partial charge is 0.318 e. The lowest BCUT2D eigenvalue weighted by atomic mass is 10.0. The van der Waals surface area contributed by atoms with Crippen LogP contribution in [0.25, 0.3) is 0 Å². The van der Waals surface area contributed by atoms with Crippen LogP contribution in [0.2, 0.25) is 0 Å². The molecule has 0 aromatic heterocycles. The van der Waals surface area contributed by atoms with Crippen molar-refractivity contribution in [1.82, 2.24) is 10.2 Å². The summed E-state index contributed by atoms with van der Waals surface area (Å²) in [7, 11) is 1.67. The zero-order valence-corrected chi connectivity index (χ0v) is 17.3. The summed E-state index contributed by atoms with van der Waals surface area (Å²) in [6.07, 6.45) is 4.25. The summed E-state index contributed by atoms with van der Waals surface area (Å²) in [6, 6.07) is 14.2. The Morgan fingerprint density at radius 3 is 2.73 bits per heavy atom. The van der Waals surface area contributed by atoms with Gasteiger partial charge in [0.05, 0.1) is 19.2 Å². The maximum absolute atomic E-state index is 13.3. The Bertz CT molecular complexity index is 927. The fourth-order valence-electron chi connectivity index (χ4n) is 4.58. The summed E-state index contributed by atoms with van der Waals surface area (Å²) in [5, 5.41) is 3.33. The first-order valence-electron chi connectivity index (χ1n) is 10.8. The topological polar surface area (TPSA) is 60.0 Å². The zero-order valence-electron chi connectivity index (χ0n) is 17.3. The fraction of sp³-hybridized carbons (Fsp3) is 0.458. The van der Waals surface area contributed by atoms with Gasteiger partial charge in [-0.05, 0) is 67.0 Å². The highest BCUT2D eigenvalue weighted by Gasteiger charge is 2.37. The lowest BCUT2D eigenvalue weighted by molar-refractivity contribution is 0.171. The molecule has 1 saturated heterocycles. The Hall–Kier alpha value is -2.89. The fourth-order valence-corrected chi connectivity index (χ4v) is 4.58. The number of nitrogens with one attached hydrogen (secondary N) is 1. The first-order valence-corrected chi connectivity index (χ1v) is 10.8. The molecule has 2 aromatic rings. The highest BCUT2D eigenvalue weighted by atomic mass is 16.6. The third kappa shape index (κ3) is 3.78. The number of hydrogen-bond donors (Lipinski definition) is 1. The number of benzene rings is 2. The van der Waals surface area contributed by atoms with Crippen LogP contribution in [0.3, 0.4) is 0 Å². The van der Waals surface area contributed by atoms with Gasteiger partial charge in [0.1, 0.15) is 19.0 Å². The predicted molar refractivity (Wildman–Crippen MR) is 113 cm³/mol. The number of amides is 2. The minimum Gasteiger partial charge on any atom is -0.497 e. The number of ether oxygens (including phenoxy) is 3. The number of likely N-dealkylation sites (tertiary alicyclic amines) is 1. The number of methoxy groups -OCH3 is 1. The van der Waals surface area contributed by atoms with Crippen molar-refractivity contribution < 1.29 is 19.0 Å². The van der Waals surface area contributed by atoms with Crippen molar-refractivity contribution in [3.05, 3.63) is 53.6 Å². The van der Waals surface area contributed by atoms with E-state index in [1.54, 1.807) is 7.11 Å². The summed E-state index contributed by atoms with van der Waals surface area (Å²) in [4.78, 5) is 15.3. The van der Waals surface area contributed by atoms with Crippen molar-refractivity contribution in [3.63, 3.8) is 0 Å². The van der Waals surface area contributed by atoms with Gasteiger partial charge in [-0.2, -0.15) is 0 Å². The molecule has 2 fully saturated rings. The van der Waals surface area contributed by atoms with E-state index in [1.807, 2.05) is 35.2 Å². The number of carbonyl (C=O) groups excluding carboxylic acids is 1. The highest BCUT2D eigenvalue weighted by Crippen LogP contribution is 2.44. The number of nitrogens with zero attached hydrogens (tertiary/aromatic N) is 1. The van der Waals surface area contributed by atoms with Crippen LogP contribution in [0.15, 0.2) is 42.5 Å². The molecule has 1 aliphatic carbocycles. The quantitative estimate of drug-likeness (QED) is 0.793. The number of hydrogen-bond acceptors (Lipinski definition) is 4. The summed E-state index contributed by atoms with van der Waals surface area (Å²) in [6.45, 7) is 1.91. The molecule has 6 nitrogen and oxygen atoms in total. The van der Waals surface area contributed by atoms with Gasteiger partial charge in [-0.15, -0.1) is 0 Å². The molecular formula is C24H28N2O4. The Morgan fingerprint density at radius 1 is 1.10 bits per heavy atom. The molecule has 2 aliphatic heterocycles. The van der Waals surface area contributed by atoms with Crippen molar-refractivity contribution in [2.75, 3.05) is 26.9 Å². The third-order valence-corrected chi connectivity index (χ3v) is 6.29. The van der Waals surface area contributed by atoms with Gasteiger partial charge in [-0.3, -0.25) is 0 Å². The van der Waals surface area contributed by atoms with Crippen LogP contribution in [0.5, 0.6) is 17.2 Å². The summed E-state index contributed by atoms with van der Waals surface area (Å²) < 4.78 is 16.8. The number of carbonyl (C=O) groups is 1. The molecule has 2 atom stereocenters. The van der Waals surface area contributed by atoms with Crippen LogP contribution < -0.4 is 19.5 Å². The van der Waals surface area contributed by atoms with Crippen molar-refractivity contribution in [1.29, 1.82) is 0 Å². The van der Waals surface area contributed by atoms with E-state index in [2.05, 4.69) is 17.4 Å². The molecule has 0 bridgehead atoms. The normalized spacial score (nSPS) is 21.2. The second kappa shape index (κ2) is 8.09. The summed E-state index contributed by atoms with van der Waals surface area (Å²) in [5.74, 6) is 2.86. The van der Waals surface area contributed by atoms with E-state index in [9.17, 15) is 4.79 Å². The molecule has 1 saturated carbocycles. The standard InChI is InChI=1S/C24H28N2O4/c1-28-19-5-2-4-17(14-19)20-6-3-11-26(20)24(27)25-23(16-7-8-16)18-9-10-21-22(15-18)30-13-12-29-21/h2,4-5,9-10,14-16,20,23H,3,6-8,11-13H2,1H3,(H,25,27). The van der Waals surface area contributed by atoms with E-state index in [-0.39, 0.29) is 18.1 Å². The number of urea groups is 1. The molecule has 30 heavy (non-hydrogen) atoms. The van der Waals surface area contributed by atoms with E-state index < -0.39 is 0 Å². The van der Waals surface area contributed by atoms with Gasteiger partial charge in [-0.1, -0.05) is 18.2 Å². The molecule has 5 rings (SSSR count). The van der Waals surface area contributed by atoms with Crippen molar-refractivity contribution in [2.45, 2.75) is 37.8 Å². The largest absolute Gasteiger partial charge is 0.497 e. The van der Waals surface area contributed by atoms with Gasteiger partial charge in [0.15, 0.2) is 11.5 Å². The van der Waals surface area contributed by atoms with Crippen LogP contribution in [-0.4, -0.2) is 37.8 Å². The van der Waals surface area contributed by atoms with E-state index >= 15 is 0 Å². The molecule has 0 radical (unpaired) electrons. The molecule has 0 spiro atoms. The third-order valence-electron chi connectivity index (χ3n) is 6.29. The average molecular weight is 408 g/mol. The average Bonchev–Trinajstić information content (AvgIpc) is 3.51. The minimum atomic E-state index is -0.000106. The lowest BCUT2D eigenvalue weighted by Gasteiger charge is -2.29. The van der Waals surface area contributed by atoms with E-state index in [0.29, 0.717) is 19.1 Å². The summed E-state index contributed by atoms with van der Waals surface area (Å²) in [5.41, 5.74) is 2.22. The van der Waals surface area contributed by atoms with Gasteiger partial charge in [-0.25, -0.2) is 4.79 Å². The van der Waals surface area contributed by atoms with Crippen LogP contribution in [0.1, 0.15) is 48.9 Å². The maximum atomic E-state index is 13.3. The van der Waals surface area contributed by atoms with Crippen molar-refractivity contribution >= 4 is 6.03 Å². The first-order chi connectivity index (χ1) is 14.7. The van der Waals surface area contributed by atoms with Crippen LogP contribution in [0, 0.1) is 5.92 Å². The predicted octanol–water partition coefficient (Wildman–Crippen LogP) is 4.46. The molecule has 1 N–H and O–H groups in total. The lowest BCUT2D eigenvalue weighted by Crippen LogP contribution is -2.41. The second-order valence-corrected chi connectivity index (χ2v) is 8.30. The molecule has 2 unspecified atom stereocenters. The van der Waals surface area contributed by atoms with Crippen LogP contribution in [0.4, 0.5) is 4.79 Å². The minimum absolute atomic E-state index is 0.000106. The highest BCUT2D eigenvalue weighted by molar-refractivity contribution is 5.76. The van der Waals surface area contributed by atoms with E-state index in [0.717, 1.165) is 60.6 Å². The van der Waals surface area contributed by atoms with Crippen molar-refractivity contribution in [3.8, 4) is 17.2 Å². The maximum Gasteiger partial charge on any atom is 0.318 e. The van der Waals surface area contributed by atoms with Gasteiger partial charge < -0.3 is 24.4 Å². The van der Waals surface area contributed by atoms with Gasteiger partial charge in [0.2, 0.25) is 0 Å². The second-order valence-electron chi connectivity index (χ2n) is 8.30. The Labute approximate surface area is 177 Å². The molecule has 158 valence electrons. The van der Waals surface area contributed by atoms with Gasteiger partial charge >= 0.3 is 6.03 Å². The van der Waals surface area contributed by atoms with Gasteiger partial charge in [0, 0.05) is 6.54 Å². The Morgan fingerprint density at radius 2 is 1.93 bits per heavy atom. The Kier molecular flexibility index (Phi) is 5.15. The van der Waals surface area contributed by atoms with Crippen LogP contribution in [-0.2, 0) is 0 Å². The molecule has 3 aliphatic rings. The zero-order chi connectivity index (χ0) is 20.5. The molecule has 2 amide bonds. The number of fused-ring (bicyclic) bond motifs is 1. The monoisotopic (exact) mass is 408 g/mol. The van der Waals surface area contributed by atoms with Crippen LogP contribution >= 0.6 is 0 Å². The van der Waals surface area contributed by atoms with E-state index in [4.69, 9.17) is 14.2 Å². The Balaban J connectivity index is 1.34. The first kappa shape index (κ1) is 19.1. The molecule has 2 heterocycles. The van der Waals surface area contributed by atoms with Gasteiger partial charge in [0.25, 0.3) is 0 Å². The number of rotatable bonds is 5. The molecule has 6 heteroatoms. The SMILES string of the molecule is COc1cccc(C2CCCN2C(=O)NC(c2ccc3c(c2)OCCO3)C2CC2)c1. The van der Waals surface area contributed by atoms with E-state index in [1.165, 1.54) is 0 Å². The summed E-state index contributed by atoms with van der Waals surface area (Å²) >= 11 is 0. The van der Waals surface area contributed by atoms with Crippen molar-refractivity contribution in [2.24, 2.45) is 5.92 Å². The molecule has 2 aromatic carbocycles. The molecular weight excluding hydrogens is 380 g/mol.